The van der Waals surface area contributed by atoms with Crippen LogP contribution in [0.2, 0.25) is 0 Å². The van der Waals surface area contributed by atoms with Crippen LogP contribution in [0, 0.1) is 0 Å². The molecule has 1 unspecified atom stereocenters. The second-order valence-electron chi connectivity index (χ2n) is 4.17. The van der Waals surface area contributed by atoms with E-state index in [1.807, 2.05) is 4.98 Å². The van der Waals surface area contributed by atoms with Crippen molar-refractivity contribution in [3.8, 4) is 0 Å². The molecular weight excluding hydrogens is 247 g/mol. The summed E-state index contributed by atoms with van der Waals surface area (Å²) in [5.74, 6) is 0. The van der Waals surface area contributed by atoms with Gasteiger partial charge in [0.2, 0.25) is 0 Å². The maximum absolute atomic E-state index is 13.8. The molecule has 2 rings (SSSR count). The molecule has 2 atom stereocenters. The number of aliphatic hydroxyl groups excluding tert-OH is 2. The number of aromatic amines is 1. The number of aromatic nitrogens is 2. The first-order chi connectivity index (χ1) is 8.52. The fourth-order valence-electron chi connectivity index (χ4n) is 1.93. The molecule has 8 heteroatoms. The Bertz CT molecular complexity index is 536. The number of halogens is 1. The van der Waals surface area contributed by atoms with E-state index in [0.717, 1.165) is 10.6 Å². The molecule has 18 heavy (non-hydrogen) atoms. The molecule has 0 saturated carbocycles. The number of nitrogens with one attached hydrogen (secondary N) is 1. The first kappa shape index (κ1) is 12.9. The molecule has 1 fully saturated rings. The van der Waals surface area contributed by atoms with Gasteiger partial charge in [-0.1, -0.05) is 0 Å². The quantitative estimate of drug-likeness (QED) is 0.614. The predicted octanol–water partition coefficient (Wildman–Crippen LogP) is -1.48. The molecule has 0 radical (unpaired) electrons. The average Bonchev–Trinajstić information content (AvgIpc) is 2.67. The second-order valence-corrected chi connectivity index (χ2v) is 4.17. The molecule has 0 aromatic carbocycles. The fraction of sp³-hybridized carbons (Fsp3) is 0.600. The van der Waals surface area contributed by atoms with Crippen LogP contribution < -0.4 is 11.2 Å². The average molecular weight is 260 g/mol. The number of hydrogen-bond donors (Lipinski definition) is 3. The Labute approximate surface area is 100 Å². The molecule has 1 aliphatic heterocycles. The summed E-state index contributed by atoms with van der Waals surface area (Å²) in [4.78, 5) is 24.4. The molecule has 1 aromatic heterocycles. The van der Waals surface area contributed by atoms with E-state index in [1.165, 1.54) is 6.20 Å². The number of alkyl halides is 1. The van der Waals surface area contributed by atoms with E-state index in [-0.39, 0.29) is 6.42 Å². The summed E-state index contributed by atoms with van der Waals surface area (Å²) in [5, 5.41) is 18.2. The lowest BCUT2D eigenvalue weighted by molar-refractivity contribution is -0.139. The second kappa shape index (κ2) is 4.63. The maximum atomic E-state index is 13.8. The van der Waals surface area contributed by atoms with E-state index >= 15 is 0 Å². The Morgan fingerprint density at radius 2 is 2.17 bits per heavy atom. The van der Waals surface area contributed by atoms with Crippen molar-refractivity contribution in [1.82, 2.24) is 9.55 Å². The van der Waals surface area contributed by atoms with E-state index in [9.17, 15) is 14.0 Å². The molecule has 1 aromatic rings. The summed E-state index contributed by atoms with van der Waals surface area (Å²) in [6.07, 6.45) is -1.57. The van der Waals surface area contributed by atoms with Crippen molar-refractivity contribution in [3.63, 3.8) is 0 Å². The SMILES string of the molecule is O=c1ccn([C@H]2CC(F)C(CO)(CO)O2)c(=O)[nH]1. The van der Waals surface area contributed by atoms with Gasteiger partial charge in [0, 0.05) is 18.7 Å². The Morgan fingerprint density at radius 1 is 1.50 bits per heavy atom. The number of hydrogen-bond acceptors (Lipinski definition) is 5. The van der Waals surface area contributed by atoms with Crippen LogP contribution >= 0.6 is 0 Å². The standard InChI is InChI=1S/C10H13FN2O5/c11-6-3-8(18-10(6,4-14)5-15)13-2-1-7(16)12-9(13)17/h1-2,6,8,14-15H,3-5H2,(H,12,16,17)/t6?,8-/m1/s1. The maximum Gasteiger partial charge on any atom is 0.330 e. The van der Waals surface area contributed by atoms with Gasteiger partial charge in [-0.05, 0) is 0 Å². The topological polar surface area (TPSA) is 105 Å². The summed E-state index contributed by atoms with van der Waals surface area (Å²) < 4.78 is 20.0. The highest BCUT2D eigenvalue weighted by atomic mass is 19.1. The van der Waals surface area contributed by atoms with Crippen LogP contribution in [-0.2, 0) is 4.74 Å². The van der Waals surface area contributed by atoms with Crippen molar-refractivity contribution in [2.24, 2.45) is 0 Å². The van der Waals surface area contributed by atoms with Gasteiger partial charge in [0.15, 0.2) is 0 Å². The summed E-state index contributed by atoms with van der Waals surface area (Å²) in [6, 6.07) is 1.11. The minimum absolute atomic E-state index is 0.187. The minimum atomic E-state index is -1.71. The Morgan fingerprint density at radius 3 is 2.67 bits per heavy atom. The van der Waals surface area contributed by atoms with Gasteiger partial charge in [0.1, 0.15) is 18.0 Å². The van der Waals surface area contributed by atoms with Crippen LogP contribution in [-0.4, -0.2) is 44.8 Å². The van der Waals surface area contributed by atoms with Gasteiger partial charge in [-0.25, -0.2) is 9.18 Å². The van der Waals surface area contributed by atoms with Gasteiger partial charge in [0.25, 0.3) is 5.56 Å². The number of nitrogens with zero attached hydrogens (tertiary/aromatic N) is 1. The van der Waals surface area contributed by atoms with Crippen LogP contribution in [0.3, 0.4) is 0 Å². The lowest BCUT2D eigenvalue weighted by Crippen LogP contribution is -2.45. The van der Waals surface area contributed by atoms with Gasteiger partial charge < -0.3 is 14.9 Å². The van der Waals surface area contributed by atoms with Crippen molar-refractivity contribution in [3.05, 3.63) is 33.1 Å². The van der Waals surface area contributed by atoms with Crippen molar-refractivity contribution < 1.29 is 19.3 Å². The molecule has 3 N–H and O–H groups in total. The molecule has 0 bridgehead atoms. The molecule has 0 spiro atoms. The van der Waals surface area contributed by atoms with Gasteiger partial charge in [-0.2, -0.15) is 0 Å². The number of rotatable bonds is 3. The van der Waals surface area contributed by atoms with E-state index in [0.29, 0.717) is 0 Å². The molecule has 7 nitrogen and oxygen atoms in total. The Balaban J connectivity index is 2.32. The monoisotopic (exact) mass is 260 g/mol. The Hall–Kier alpha value is -1.51. The number of ether oxygens (including phenoxy) is 1. The smallest absolute Gasteiger partial charge is 0.330 e. The van der Waals surface area contributed by atoms with Gasteiger partial charge >= 0.3 is 5.69 Å². The van der Waals surface area contributed by atoms with Crippen LogP contribution in [0.4, 0.5) is 4.39 Å². The number of aliphatic hydroxyl groups is 2. The van der Waals surface area contributed by atoms with Crippen LogP contribution in [0.1, 0.15) is 12.6 Å². The van der Waals surface area contributed by atoms with Crippen LogP contribution in [0.5, 0.6) is 0 Å². The normalized spacial score (nSPS) is 26.4. The molecule has 0 amide bonds. The third-order valence-electron chi connectivity index (χ3n) is 3.05. The lowest BCUT2D eigenvalue weighted by Gasteiger charge is -2.26. The molecule has 100 valence electrons. The zero-order valence-electron chi connectivity index (χ0n) is 9.38. The minimum Gasteiger partial charge on any atom is -0.393 e. The number of H-pyrrole nitrogens is 1. The zero-order chi connectivity index (χ0) is 13.3. The third kappa shape index (κ3) is 1.98. The summed E-state index contributed by atoms with van der Waals surface area (Å²) in [5.41, 5.74) is -3.01. The summed E-state index contributed by atoms with van der Waals surface area (Å²) >= 11 is 0. The van der Waals surface area contributed by atoms with E-state index in [4.69, 9.17) is 14.9 Å². The van der Waals surface area contributed by atoms with Crippen LogP contribution in [0.25, 0.3) is 0 Å². The molecule has 1 aliphatic rings. The van der Waals surface area contributed by atoms with Crippen molar-refractivity contribution in [2.45, 2.75) is 24.4 Å². The highest BCUT2D eigenvalue weighted by molar-refractivity contribution is 4.97. The van der Waals surface area contributed by atoms with E-state index in [2.05, 4.69) is 0 Å². The van der Waals surface area contributed by atoms with E-state index < -0.39 is 42.5 Å². The highest BCUT2D eigenvalue weighted by Crippen LogP contribution is 2.37. The molecule has 0 aliphatic carbocycles. The van der Waals surface area contributed by atoms with Gasteiger partial charge in [-0.15, -0.1) is 0 Å². The fourth-order valence-corrected chi connectivity index (χ4v) is 1.93. The van der Waals surface area contributed by atoms with Crippen molar-refractivity contribution in [2.75, 3.05) is 13.2 Å². The van der Waals surface area contributed by atoms with E-state index in [1.54, 1.807) is 0 Å². The molecule has 2 heterocycles. The summed E-state index contributed by atoms with van der Waals surface area (Å²) in [7, 11) is 0. The first-order valence-electron chi connectivity index (χ1n) is 5.37. The highest BCUT2D eigenvalue weighted by Gasteiger charge is 2.49. The first-order valence-corrected chi connectivity index (χ1v) is 5.37. The predicted molar refractivity (Wildman–Crippen MR) is 57.9 cm³/mol. The van der Waals surface area contributed by atoms with Gasteiger partial charge in [0.05, 0.1) is 13.2 Å². The Kier molecular flexibility index (Phi) is 3.33. The zero-order valence-corrected chi connectivity index (χ0v) is 9.38. The van der Waals surface area contributed by atoms with Gasteiger partial charge in [-0.3, -0.25) is 14.3 Å². The lowest BCUT2D eigenvalue weighted by atomic mass is 10.0. The summed E-state index contributed by atoms with van der Waals surface area (Å²) in [6.45, 7) is -1.39. The van der Waals surface area contributed by atoms with Crippen molar-refractivity contribution >= 4 is 0 Å². The largest absolute Gasteiger partial charge is 0.393 e. The molecular formula is C10H13FN2O5. The van der Waals surface area contributed by atoms with Crippen molar-refractivity contribution in [1.29, 1.82) is 0 Å². The molecule has 1 saturated heterocycles. The third-order valence-corrected chi connectivity index (χ3v) is 3.05. The van der Waals surface area contributed by atoms with Crippen LogP contribution in [0.15, 0.2) is 21.9 Å².